The zero-order valence-corrected chi connectivity index (χ0v) is 15.4. The molecule has 21 heavy (non-hydrogen) atoms. The van der Waals surface area contributed by atoms with Gasteiger partial charge in [0.25, 0.3) is 0 Å². The Kier molecular flexibility index (Phi) is 13.6. The molecule has 0 unspecified atom stereocenters. The number of unbranched alkanes of at least 4 members (excludes halogenated alkanes) is 10. The molecule has 0 radical (unpaired) electrons. The van der Waals surface area contributed by atoms with E-state index in [9.17, 15) is 5.11 Å². The fourth-order valence-corrected chi connectivity index (χ4v) is 3.13. The van der Waals surface area contributed by atoms with Gasteiger partial charge in [0.05, 0.1) is 5.60 Å². The molecule has 0 rings (SSSR count). The first-order chi connectivity index (χ1) is 10.1. The summed E-state index contributed by atoms with van der Waals surface area (Å²) in [6, 6.07) is 0. The van der Waals surface area contributed by atoms with E-state index in [-0.39, 0.29) is 0 Å². The molecule has 0 aliphatic heterocycles. The van der Waals surface area contributed by atoms with E-state index < -0.39 is 5.60 Å². The molecule has 0 spiro atoms. The van der Waals surface area contributed by atoms with Gasteiger partial charge in [0, 0.05) is 0 Å². The Bertz CT molecular complexity index is 194. The summed E-state index contributed by atoms with van der Waals surface area (Å²) in [4.78, 5) is 0. The van der Waals surface area contributed by atoms with Crippen LogP contribution in [-0.2, 0) is 0 Å². The minimum atomic E-state index is -0.407. The molecular weight excluding hydrogens is 256 g/mol. The molecular formula is C20H42O. The number of hydrogen-bond acceptors (Lipinski definition) is 1. The summed E-state index contributed by atoms with van der Waals surface area (Å²) in [5.74, 6) is 0.392. The van der Waals surface area contributed by atoms with Gasteiger partial charge in [-0.25, -0.2) is 0 Å². The average Bonchev–Trinajstić information content (AvgIpc) is 2.46. The minimum absolute atomic E-state index is 0.392. The van der Waals surface area contributed by atoms with Gasteiger partial charge in [0.2, 0.25) is 0 Å². The standard InChI is InChI=1S/C20H42O/c1-5-7-9-11-13-15-17-20(21,19(3)4)18-16-14-12-10-8-6-2/h19,21H,5-18H2,1-4H3. The maximum absolute atomic E-state index is 10.9. The third-order valence-electron chi connectivity index (χ3n) is 5.00. The molecule has 1 heteroatoms. The average molecular weight is 299 g/mol. The van der Waals surface area contributed by atoms with Gasteiger partial charge < -0.3 is 5.11 Å². The minimum Gasteiger partial charge on any atom is -0.390 e. The molecule has 0 amide bonds. The van der Waals surface area contributed by atoms with Crippen LogP contribution in [-0.4, -0.2) is 10.7 Å². The highest BCUT2D eigenvalue weighted by molar-refractivity contribution is 4.81. The Morgan fingerprint density at radius 1 is 0.619 bits per heavy atom. The van der Waals surface area contributed by atoms with Gasteiger partial charge in [-0.1, -0.05) is 105 Å². The molecule has 0 aromatic rings. The van der Waals surface area contributed by atoms with Crippen LogP contribution in [0.4, 0.5) is 0 Å². The second-order valence-electron chi connectivity index (χ2n) is 7.29. The fourth-order valence-electron chi connectivity index (χ4n) is 3.13. The molecule has 0 aromatic carbocycles. The van der Waals surface area contributed by atoms with Gasteiger partial charge in [0.15, 0.2) is 0 Å². The molecule has 0 aliphatic rings. The van der Waals surface area contributed by atoms with E-state index in [2.05, 4.69) is 27.7 Å². The molecule has 0 heterocycles. The van der Waals surface area contributed by atoms with Crippen molar-refractivity contribution in [3.8, 4) is 0 Å². The summed E-state index contributed by atoms with van der Waals surface area (Å²) < 4.78 is 0. The smallest absolute Gasteiger partial charge is 0.0670 e. The normalized spacial score (nSPS) is 12.3. The van der Waals surface area contributed by atoms with E-state index in [1.165, 1.54) is 77.0 Å². The Morgan fingerprint density at radius 3 is 1.29 bits per heavy atom. The van der Waals surface area contributed by atoms with Crippen molar-refractivity contribution in [1.82, 2.24) is 0 Å². The Hall–Kier alpha value is -0.0400. The van der Waals surface area contributed by atoms with E-state index >= 15 is 0 Å². The van der Waals surface area contributed by atoms with Crippen LogP contribution in [0.3, 0.4) is 0 Å². The lowest BCUT2D eigenvalue weighted by Gasteiger charge is -2.32. The van der Waals surface area contributed by atoms with Crippen molar-refractivity contribution >= 4 is 0 Å². The topological polar surface area (TPSA) is 20.2 Å². The molecule has 0 saturated carbocycles. The molecule has 1 nitrogen and oxygen atoms in total. The second-order valence-corrected chi connectivity index (χ2v) is 7.29. The van der Waals surface area contributed by atoms with E-state index in [1.54, 1.807) is 0 Å². The molecule has 0 atom stereocenters. The van der Waals surface area contributed by atoms with Crippen LogP contribution in [0.1, 0.15) is 118 Å². The highest BCUT2D eigenvalue weighted by Gasteiger charge is 2.29. The zero-order valence-electron chi connectivity index (χ0n) is 15.4. The van der Waals surface area contributed by atoms with Crippen molar-refractivity contribution in [2.75, 3.05) is 0 Å². The highest BCUT2D eigenvalue weighted by atomic mass is 16.3. The van der Waals surface area contributed by atoms with E-state index in [4.69, 9.17) is 0 Å². The maximum Gasteiger partial charge on any atom is 0.0670 e. The molecule has 0 fully saturated rings. The maximum atomic E-state index is 10.9. The fraction of sp³-hybridized carbons (Fsp3) is 1.00. The summed E-state index contributed by atoms with van der Waals surface area (Å²) in [7, 11) is 0. The molecule has 1 N–H and O–H groups in total. The predicted octanol–water partition coefficient (Wildman–Crippen LogP) is 6.87. The Labute approximate surface area is 134 Å². The van der Waals surface area contributed by atoms with Crippen LogP contribution in [0.25, 0.3) is 0 Å². The molecule has 0 saturated heterocycles. The second kappa shape index (κ2) is 13.6. The summed E-state index contributed by atoms with van der Waals surface area (Å²) >= 11 is 0. The van der Waals surface area contributed by atoms with Crippen molar-refractivity contribution in [2.45, 2.75) is 123 Å². The first-order valence-electron chi connectivity index (χ1n) is 9.79. The van der Waals surface area contributed by atoms with Crippen molar-refractivity contribution in [3.63, 3.8) is 0 Å². The summed E-state index contributed by atoms with van der Waals surface area (Å²) in [5, 5.41) is 10.9. The van der Waals surface area contributed by atoms with Gasteiger partial charge in [0.1, 0.15) is 0 Å². The highest BCUT2D eigenvalue weighted by Crippen LogP contribution is 2.30. The monoisotopic (exact) mass is 298 g/mol. The van der Waals surface area contributed by atoms with Gasteiger partial charge in [-0.3, -0.25) is 0 Å². The van der Waals surface area contributed by atoms with Crippen LogP contribution in [0.15, 0.2) is 0 Å². The largest absolute Gasteiger partial charge is 0.390 e. The lowest BCUT2D eigenvalue weighted by atomic mass is 9.81. The third-order valence-corrected chi connectivity index (χ3v) is 5.00. The first-order valence-corrected chi connectivity index (χ1v) is 9.79. The lowest BCUT2D eigenvalue weighted by molar-refractivity contribution is -0.0249. The summed E-state index contributed by atoms with van der Waals surface area (Å²) in [5.41, 5.74) is -0.407. The molecule has 0 aliphatic carbocycles. The van der Waals surface area contributed by atoms with Crippen molar-refractivity contribution < 1.29 is 5.11 Å². The molecule has 128 valence electrons. The Morgan fingerprint density at radius 2 is 0.952 bits per heavy atom. The Balaban J connectivity index is 3.79. The molecule has 0 bridgehead atoms. The van der Waals surface area contributed by atoms with Crippen LogP contribution in [0.5, 0.6) is 0 Å². The quantitative estimate of drug-likeness (QED) is 0.327. The van der Waals surface area contributed by atoms with Crippen molar-refractivity contribution in [2.24, 2.45) is 5.92 Å². The van der Waals surface area contributed by atoms with Gasteiger partial charge in [-0.15, -0.1) is 0 Å². The van der Waals surface area contributed by atoms with E-state index in [0.717, 1.165) is 12.8 Å². The van der Waals surface area contributed by atoms with Gasteiger partial charge in [-0.2, -0.15) is 0 Å². The molecule has 0 aromatic heterocycles. The third kappa shape index (κ3) is 11.2. The SMILES string of the molecule is CCCCCCCCC(O)(CCCCCCCC)C(C)C. The van der Waals surface area contributed by atoms with E-state index in [0.29, 0.717) is 5.92 Å². The number of rotatable bonds is 15. The van der Waals surface area contributed by atoms with E-state index in [1.807, 2.05) is 0 Å². The summed E-state index contributed by atoms with van der Waals surface area (Å²) in [6.45, 7) is 8.90. The van der Waals surface area contributed by atoms with Crippen LogP contribution < -0.4 is 0 Å². The first kappa shape index (κ1) is 21.0. The van der Waals surface area contributed by atoms with Crippen molar-refractivity contribution in [1.29, 1.82) is 0 Å². The van der Waals surface area contributed by atoms with Gasteiger partial charge in [-0.05, 0) is 18.8 Å². The summed E-state index contributed by atoms with van der Waals surface area (Å²) in [6.07, 6.45) is 17.8. The zero-order chi connectivity index (χ0) is 16.0. The van der Waals surface area contributed by atoms with Crippen molar-refractivity contribution in [3.05, 3.63) is 0 Å². The number of hydrogen-bond donors (Lipinski definition) is 1. The predicted molar refractivity (Wildman–Crippen MR) is 95.8 cm³/mol. The van der Waals surface area contributed by atoms with Crippen LogP contribution >= 0.6 is 0 Å². The van der Waals surface area contributed by atoms with Crippen LogP contribution in [0.2, 0.25) is 0 Å². The van der Waals surface area contributed by atoms with Gasteiger partial charge >= 0.3 is 0 Å². The van der Waals surface area contributed by atoms with Crippen LogP contribution in [0, 0.1) is 5.92 Å². The lowest BCUT2D eigenvalue weighted by Crippen LogP contribution is -2.34. The number of aliphatic hydroxyl groups is 1.